The van der Waals surface area contributed by atoms with Crippen LogP contribution >= 0.6 is 15.6 Å². The van der Waals surface area contributed by atoms with Crippen molar-refractivity contribution in [3.05, 3.63) is 0 Å². The molecule has 6 atom stereocenters. The molecule has 0 rings (SSSR count). The van der Waals surface area contributed by atoms with E-state index < -0.39 is 97.5 Å². The molecule has 17 nitrogen and oxygen atoms in total. The molecule has 0 heterocycles. The summed E-state index contributed by atoms with van der Waals surface area (Å²) < 4.78 is 68.3. The number of ether oxygens (including phenoxy) is 4. The number of aliphatic hydroxyl groups is 1. The Morgan fingerprint density at radius 3 is 0.789 bits per heavy atom. The van der Waals surface area contributed by atoms with Gasteiger partial charge in [-0.15, -0.1) is 0 Å². The number of phosphoric acid groups is 2. The van der Waals surface area contributed by atoms with Crippen molar-refractivity contribution in [3.8, 4) is 0 Å². The van der Waals surface area contributed by atoms with Crippen LogP contribution in [0.4, 0.5) is 0 Å². The summed E-state index contributed by atoms with van der Waals surface area (Å²) in [6, 6.07) is 0. The van der Waals surface area contributed by atoms with E-state index in [9.17, 15) is 43.2 Å². The normalized spacial score (nSPS) is 14.4. The topological polar surface area (TPSA) is 237 Å². The lowest BCUT2D eigenvalue weighted by Crippen LogP contribution is -2.30. The first kappa shape index (κ1) is 88.1. The zero-order valence-corrected chi connectivity index (χ0v) is 60.1. The number of hydrogen-bond donors (Lipinski definition) is 3. The van der Waals surface area contributed by atoms with E-state index in [0.717, 1.165) is 102 Å². The molecule has 0 fully saturated rings. The maximum Gasteiger partial charge on any atom is 0.472 e. The third kappa shape index (κ3) is 63.5. The Kier molecular flexibility index (Phi) is 63.0. The lowest BCUT2D eigenvalue weighted by atomic mass is 10.00. The van der Waals surface area contributed by atoms with Crippen molar-refractivity contribution in [1.29, 1.82) is 0 Å². The van der Waals surface area contributed by atoms with Crippen LogP contribution in [0.5, 0.6) is 0 Å². The zero-order valence-electron chi connectivity index (χ0n) is 58.3. The summed E-state index contributed by atoms with van der Waals surface area (Å²) in [6.07, 6.45) is 51.2. The van der Waals surface area contributed by atoms with Gasteiger partial charge in [0.25, 0.3) is 0 Å². The smallest absolute Gasteiger partial charge is 0.462 e. The van der Waals surface area contributed by atoms with Crippen molar-refractivity contribution in [2.45, 2.75) is 387 Å². The fraction of sp³-hybridized carbons (Fsp3) is 0.944. The van der Waals surface area contributed by atoms with E-state index in [1.807, 2.05) is 0 Å². The van der Waals surface area contributed by atoms with E-state index in [0.29, 0.717) is 25.7 Å². The third-order valence-corrected chi connectivity index (χ3v) is 18.8. The van der Waals surface area contributed by atoms with E-state index in [4.69, 9.17) is 37.0 Å². The molecule has 0 aliphatic carbocycles. The standard InChI is InChI=1S/C71H138O17P2/c1-6-10-13-16-19-22-25-28-29-31-34-37-40-47-52-57-71(76)87-66(60-81-68(73)54-49-44-38-35-33-30-26-23-20-17-14-11-7-2)62-85-89(77,78)83-58-65(72)59-84-90(79,80)86-63-67(61-82-69(74)55-50-45-42-41-43-48-53-64(5)9-4)88-70(75)56-51-46-39-36-32-27-24-21-18-15-12-8-3/h64-67,72H,6-63H2,1-5H3,(H,77,78)(H,79,80)/t64?,65-,66-,67-/m1/s1. The molecule has 0 amide bonds. The maximum atomic E-state index is 13.0. The average Bonchev–Trinajstić information content (AvgIpc) is 3.67. The molecule has 3 N–H and O–H groups in total. The van der Waals surface area contributed by atoms with Crippen LogP contribution in [0.2, 0.25) is 0 Å². The first-order chi connectivity index (χ1) is 43.6. The van der Waals surface area contributed by atoms with Gasteiger partial charge in [0.1, 0.15) is 19.3 Å². The van der Waals surface area contributed by atoms with Gasteiger partial charge in [0, 0.05) is 25.7 Å². The molecule has 3 unspecified atom stereocenters. The number of aliphatic hydroxyl groups excluding tert-OH is 1. The Morgan fingerprint density at radius 1 is 0.311 bits per heavy atom. The molecule has 0 spiro atoms. The van der Waals surface area contributed by atoms with Gasteiger partial charge in [0.15, 0.2) is 12.2 Å². The Labute approximate surface area is 549 Å². The van der Waals surface area contributed by atoms with Crippen molar-refractivity contribution in [2.24, 2.45) is 5.92 Å². The van der Waals surface area contributed by atoms with Gasteiger partial charge < -0.3 is 33.8 Å². The molecule has 0 aromatic heterocycles. The van der Waals surface area contributed by atoms with Crippen LogP contribution in [0.3, 0.4) is 0 Å². The first-order valence-electron chi connectivity index (χ1n) is 37.2. The molecule has 0 saturated heterocycles. The monoisotopic (exact) mass is 1320 g/mol. The first-order valence-corrected chi connectivity index (χ1v) is 40.2. The summed E-state index contributed by atoms with van der Waals surface area (Å²) in [5.74, 6) is -1.39. The number of rotatable bonds is 71. The van der Waals surface area contributed by atoms with Crippen LogP contribution in [-0.2, 0) is 65.4 Å². The van der Waals surface area contributed by atoms with Crippen LogP contribution in [0.15, 0.2) is 0 Å². The summed E-state index contributed by atoms with van der Waals surface area (Å²) in [5, 5.41) is 10.6. The summed E-state index contributed by atoms with van der Waals surface area (Å²) in [5.41, 5.74) is 0. The molecule has 19 heteroatoms. The maximum absolute atomic E-state index is 13.0. The lowest BCUT2D eigenvalue weighted by molar-refractivity contribution is -0.161. The number of unbranched alkanes of at least 4 members (excludes halogenated alkanes) is 42. The van der Waals surface area contributed by atoms with Crippen molar-refractivity contribution in [2.75, 3.05) is 39.6 Å². The fourth-order valence-electron chi connectivity index (χ4n) is 10.8. The van der Waals surface area contributed by atoms with Gasteiger partial charge in [0.2, 0.25) is 0 Å². The molecule has 90 heavy (non-hydrogen) atoms. The van der Waals surface area contributed by atoms with Crippen LogP contribution in [0, 0.1) is 5.92 Å². The molecule has 0 radical (unpaired) electrons. The minimum Gasteiger partial charge on any atom is -0.462 e. The summed E-state index contributed by atoms with van der Waals surface area (Å²) in [7, 11) is -9.90. The van der Waals surface area contributed by atoms with Gasteiger partial charge in [0.05, 0.1) is 26.4 Å². The summed E-state index contributed by atoms with van der Waals surface area (Å²) in [6.45, 7) is 7.22. The van der Waals surface area contributed by atoms with Crippen molar-refractivity contribution in [3.63, 3.8) is 0 Å². The predicted octanol–water partition coefficient (Wildman–Crippen LogP) is 20.5. The van der Waals surface area contributed by atoms with Gasteiger partial charge in [-0.05, 0) is 31.6 Å². The number of carbonyl (C=O) groups excluding carboxylic acids is 4. The van der Waals surface area contributed by atoms with Crippen LogP contribution in [0.1, 0.15) is 369 Å². The SMILES string of the molecule is CCCCCCCCCCCCCCCCCC(=O)O[C@H](COC(=O)CCCCCCCCCCCCCCC)COP(=O)(O)OC[C@@H](O)COP(=O)(O)OC[C@@H](COC(=O)CCCCCCCCC(C)CC)OC(=O)CCCCCCCCCCCCCC. The second-order valence-electron chi connectivity index (χ2n) is 25.9. The molecule has 0 aliphatic heterocycles. The number of carbonyl (C=O) groups is 4. The molecular weight excluding hydrogens is 1190 g/mol. The second-order valence-corrected chi connectivity index (χ2v) is 28.8. The van der Waals surface area contributed by atoms with Gasteiger partial charge in [-0.2, -0.15) is 0 Å². The lowest BCUT2D eigenvalue weighted by Gasteiger charge is -2.21. The van der Waals surface area contributed by atoms with E-state index in [1.54, 1.807) is 0 Å². The largest absolute Gasteiger partial charge is 0.472 e. The quantitative estimate of drug-likeness (QED) is 0.0222. The van der Waals surface area contributed by atoms with Crippen LogP contribution in [-0.4, -0.2) is 96.7 Å². The number of hydrogen-bond acceptors (Lipinski definition) is 15. The Morgan fingerprint density at radius 2 is 0.533 bits per heavy atom. The van der Waals surface area contributed by atoms with Crippen molar-refractivity contribution >= 4 is 39.5 Å². The van der Waals surface area contributed by atoms with E-state index in [-0.39, 0.29) is 25.7 Å². The van der Waals surface area contributed by atoms with Gasteiger partial charge >= 0.3 is 39.5 Å². The minimum atomic E-state index is -4.95. The molecule has 0 saturated carbocycles. The van der Waals surface area contributed by atoms with E-state index >= 15 is 0 Å². The molecule has 0 aliphatic rings. The zero-order chi connectivity index (χ0) is 66.3. The molecule has 0 bridgehead atoms. The van der Waals surface area contributed by atoms with Crippen LogP contribution in [0.25, 0.3) is 0 Å². The Bertz CT molecular complexity index is 1740. The molecule has 0 aromatic carbocycles. The van der Waals surface area contributed by atoms with Gasteiger partial charge in [-0.3, -0.25) is 37.3 Å². The predicted molar refractivity (Wildman–Crippen MR) is 363 cm³/mol. The second kappa shape index (κ2) is 64.4. The van der Waals surface area contributed by atoms with Crippen LogP contribution < -0.4 is 0 Å². The third-order valence-electron chi connectivity index (χ3n) is 16.9. The Hall–Kier alpha value is -1.94. The molecule has 0 aromatic rings. The van der Waals surface area contributed by atoms with Crippen molar-refractivity contribution < 1.29 is 80.2 Å². The Balaban J connectivity index is 5.25. The highest BCUT2D eigenvalue weighted by Crippen LogP contribution is 2.45. The highest BCUT2D eigenvalue weighted by Gasteiger charge is 2.30. The summed E-state index contributed by atoms with van der Waals surface area (Å²) >= 11 is 0. The number of phosphoric ester groups is 2. The summed E-state index contributed by atoms with van der Waals surface area (Å²) in [4.78, 5) is 72.6. The molecular formula is C71H138O17P2. The number of esters is 4. The molecule has 534 valence electrons. The average molecular weight is 1330 g/mol. The van der Waals surface area contributed by atoms with E-state index in [2.05, 4.69) is 34.6 Å². The van der Waals surface area contributed by atoms with E-state index in [1.165, 1.54) is 186 Å². The van der Waals surface area contributed by atoms with Crippen molar-refractivity contribution in [1.82, 2.24) is 0 Å². The van der Waals surface area contributed by atoms with Gasteiger partial charge in [-0.1, -0.05) is 317 Å². The fourth-order valence-corrected chi connectivity index (χ4v) is 12.4. The minimum absolute atomic E-state index is 0.107. The van der Waals surface area contributed by atoms with Gasteiger partial charge in [-0.25, -0.2) is 9.13 Å². The highest BCUT2D eigenvalue weighted by molar-refractivity contribution is 7.47. The highest BCUT2D eigenvalue weighted by atomic mass is 31.2.